The summed E-state index contributed by atoms with van der Waals surface area (Å²) in [6.07, 6.45) is -0.578. The van der Waals surface area contributed by atoms with E-state index in [4.69, 9.17) is 16.3 Å². The minimum atomic E-state index is -4.06. The maximum atomic E-state index is 12.8. The van der Waals surface area contributed by atoms with E-state index < -0.39 is 34.2 Å². The average molecular weight is 484 g/mol. The minimum absolute atomic E-state index is 0.0109. The van der Waals surface area contributed by atoms with Crippen molar-refractivity contribution in [3.05, 3.63) is 58.6 Å². The number of ether oxygens (including phenoxy) is 2. The Morgan fingerprint density at radius 1 is 1.03 bits per heavy atom. The van der Waals surface area contributed by atoms with Gasteiger partial charge in [-0.1, -0.05) is 23.7 Å². The molecular formula is C20H22ClN3O7S. The summed E-state index contributed by atoms with van der Waals surface area (Å²) in [7, 11) is -2.76. The van der Waals surface area contributed by atoms with Crippen LogP contribution in [-0.2, 0) is 30.9 Å². The summed E-state index contributed by atoms with van der Waals surface area (Å²) >= 11 is 5.83. The standard InChI is InChI=1S/C20H22ClN3O7S/c1-3-31-19(26)11-18(25)23-24-20(27)14-6-9-16(30-2)17(10-14)32(28,29)22-12-13-4-7-15(21)8-5-13/h4-10,22H,3,11-12H2,1-2H3,(H,23,25)(H,24,27). The van der Waals surface area contributed by atoms with Crippen LogP contribution >= 0.6 is 11.6 Å². The van der Waals surface area contributed by atoms with Gasteiger partial charge in [0.25, 0.3) is 5.91 Å². The number of esters is 1. The number of hydrazine groups is 1. The van der Waals surface area contributed by atoms with E-state index in [0.717, 1.165) is 6.07 Å². The fourth-order valence-electron chi connectivity index (χ4n) is 2.47. The number of sulfonamides is 1. The number of benzene rings is 2. The summed E-state index contributed by atoms with van der Waals surface area (Å²) < 4.78 is 37.8. The van der Waals surface area contributed by atoms with Gasteiger partial charge < -0.3 is 9.47 Å². The molecule has 0 aromatic heterocycles. The summed E-state index contributed by atoms with van der Waals surface area (Å²) in [5.74, 6) is -2.30. The molecule has 12 heteroatoms. The first-order valence-electron chi connectivity index (χ1n) is 9.33. The molecule has 0 bridgehead atoms. The number of halogens is 1. The molecular weight excluding hydrogens is 462 g/mol. The van der Waals surface area contributed by atoms with Crippen LogP contribution in [-0.4, -0.2) is 39.9 Å². The molecule has 10 nitrogen and oxygen atoms in total. The van der Waals surface area contributed by atoms with Crippen LogP contribution in [0.3, 0.4) is 0 Å². The van der Waals surface area contributed by atoms with Gasteiger partial charge in [-0.05, 0) is 42.8 Å². The summed E-state index contributed by atoms with van der Waals surface area (Å²) in [5, 5.41) is 0.520. The molecule has 2 aromatic rings. The number of carbonyl (C=O) groups is 3. The fourth-order valence-corrected chi connectivity index (χ4v) is 3.81. The van der Waals surface area contributed by atoms with Gasteiger partial charge in [-0.25, -0.2) is 13.1 Å². The van der Waals surface area contributed by atoms with Gasteiger partial charge in [-0.3, -0.25) is 25.2 Å². The van der Waals surface area contributed by atoms with Crippen molar-refractivity contribution in [2.45, 2.75) is 24.8 Å². The second-order valence-corrected chi connectivity index (χ2v) is 8.47. The van der Waals surface area contributed by atoms with Crippen LogP contribution in [0.25, 0.3) is 0 Å². The van der Waals surface area contributed by atoms with E-state index >= 15 is 0 Å². The Kier molecular flexibility index (Phi) is 9.00. The molecule has 172 valence electrons. The largest absolute Gasteiger partial charge is 0.495 e. The van der Waals surface area contributed by atoms with E-state index in [0.29, 0.717) is 10.6 Å². The minimum Gasteiger partial charge on any atom is -0.495 e. The molecule has 0 saturated heterocycles. The summed E-state index contributed by atoms with van der Waals surface area (Å²) in [5.41, 5.74) is 4.79. The van der Waals surface area contributed by atoms with E-state index in [1.165, 1.54) is 19.2 Å². The van der Waals surface area contributed by atoms with Gasteiger partial charge in [0.1, 0.15) is 17.1 Å². The van der Waals surface area contributed by atoms with Gasteiger partial charge in [0.2, 0.25) is 15.9 Å². The van der Waals surface area contributed by atoms with Crippen LogP contribution in [0.2, 0.25) is 5.02 Å². The third-order valence-corrected chi connectivity index (χ3v) is 5.69. The molecule has 2 aromatic carbocycles. The van der Waals surface area contributed by atoms with Gasteiger partial charge in [-0.15, -0.1) is 0 Å². The van der Waals surface area contributed by atoms with Gasteiger partial charge in [-0.2, -0.15) is 0 Å². The molecule has 0 unspecified atom stereocenters. The van der Waals surface area contributed by atoms with Crippen LogP contribution in [0.4, 0.5) is 0 Å². The molecule has 0 fully saturated rings. The van der Waals surface area contributed by atoms with E-state index in [2.05, 4.69) is 20.3 Å². The number of rotatable bonds is 9. The highest BCUT2D eigenvalue weighted by Crippen LogP contribution is 2.25. The highest BCUT2D eigenvalue weighted by atomic mass is 35.5. The quantitative estimate of drug-likeness (QED) is 0.279. The molecule has 0 aliphatic heterocycles. The highest BCUT2D eigenvalue weighted by Gasteiger charge is 2.22. The maximum Gasteiger partial charge on any atom is 0.315 e. The zero-order chi connectivity index (χ0) is 23.7. The molecule has 0 spiro atoms. The molecule has 0 heterocycles. The van der Waals surface area contributed by atoms with Crippen molar-refractivity contribution in [3.63, 3.8) is 0 Å². The fraction of sp³-hybridized carbons (Fsp3) is 0.250. The first-order chi connectivity index (χ1) is 15.2. The molecule has 0 saturated carbocycles. The van der Waals surface area contributed by atoms with Crippen LogP contribution in [0.1, 0.15) is 29.3 Å². The zero-order valence-electron chi connectivity index (χ0n) is 17.3. The predicted molar refractivity (Wildman–Crippen MR) is 115 cm³/mol. The van der Waals surface area contributed by atoms with Crippen molar-refractivity contribution >= 4 is 39.4 Å². The Morgan fingerprint density at radius 3 is 2.34 bits per heavy atom. The lowest BCUT2D eigenvalue weighted by atomic mass is 10.2. The van der Waals surface area contributed by atoms with Crippen LogP contribution in [0.15, 0.2) is 47.4 Å². The smallest absolute Gasteiger partial charge is 0.315 e. The van der Waals surface area contributed by atoms with Crippen molar-refractivity contribution in [2.75, 3.05) is 13.7 Å². The predicted octanol–water partition coefficient (Wildman–Crippen LogP) is 1.54. The summed E-state index contributed by atoms with van der Waals surface area (Å²) in [6.45, 7) is 1.70. The van der Waals surface area contributed by atoms with E-state index in [9.17, 15) is 22.8 Å². The molecule has 0 atom stereocenters. The monoisotopic (exact) mass is 483 g/mol. The molecule has 32 heavy (non-hydrogen) atoms. The molecule has 3 N–H and O–H groups in total. The van der Waals surface area contributed by atoms with E-state index in [1.807, 2.05) is 0 Å². The Hall–Kier alpha value is -3.15. The van der Waals surface area contributed by atoms with Crippen LogP contribution in [0, 0.1) is 0 Å². The molecule has 2 rings (SSSR count). The van der Waals surface area contributed by atoms with Gasteiger partial charge in [0, 0.05) is 17.1 Å². The lowest BCUT2D eigenvalue weighted by Crippen LogP contribution is -2.42. The Morgan fingerprint density at radius 2 is 1.72 bits per heavy atom. The number of amides is 2. The number of nitrogens with one attached hydrogen (secondary N) is 3. The van der Waals surface area contributed by atoms with Crippen molar-refractivity contribution in [1.29, 1.82) is 0 Å². The van der Waals surface area contributed by atoms with Crippen molar-refractivity contribution in [1.82, 2.24) is 15.6 Å². The number of hydrogen-bond acceptors (Lipinski definition) is 7. The molecule has 0 aliphatic rings. The molecule has 0 aliphatic carbocycles. The van der Waals surface area contributed by atoms with Crippen molar-refractivity contribution in [2.24, 2.45) is 0 Å². The number of hydrogen-bond donors (Lipinski definition) is 3. The van der Waals surface area contributed by atoms with E-state index in [1.54, 1.807) is 31.2 Å². The lowest BCUT2D eigenvalue weighted by molar-refractivity contribution is -0.146. The third kappa shape index (κ3) is 7.22. The number of carbonyl (C=O) groups excluding carboxylic acids is 3. The van der Waals surface area contributed by atoms with Crippen molar-refractivity contribution < 1.29 is 32.3 Å². The Balaban J connectivity index is 2.11. The van der Waals surface area contributed by atoms with Gasteiger partial charge in [0.05, 0.1) is 13.7 Å². The summed E-state index contributed by atoms with van der Waals surface area (Å²) in [6, 6.07) is 10.3. The second kappa shape index (κ2) is 11.5. The molecule has 0 radical (unpaired) electrons. The second-order valence-electron chi connectivity index (χ2n) is 6.30. The molecule has 2 amide bonds. The summed E-state index contributed by atoms with van der Waals surface area (Å²) in [4.78, 5) is 35.0. The first-order valence-corrected chi connectivity index (χ1v) is 11.2. The van der Waals surface area contributed by atoms with Gasteiger partial charge >= 0.3 is 5.97 Å². The van der Waals surface area contributed by atoms with Gasteiger partial charge in [0.15, 0.2) is 0 Å². The first kappa shape index (κ1) is 25.1. The normalized spacial score (nSPS) is 10.8. The number of methoxy groups -OCH3 is 1. The lowest BCUT2D eigenvalue weighted by Gasteiger charge is -2.13. The van der Waals surface area contributed by atoms with Crippen LogP contribution < -0.4 is 20.3 Å². The highest BCUT2D eigenvalue weighted by molar-refractivity contribution is 7.89. The van der Waals surface area contributed by atoms with Crippen LogP contribution in [0.5, 0.6) is 5.75 Å². The third-order valence-electron chi connectivity index (χ3n) is 4.02. The Bertz CT molecular complexity index is 1090. The zero-order valence-corrected chi connectivity index (χ0v) is 18.9. The van der Waals surface area contributed by atoms with E-state index in [-0.39, 0.29) is 29.4 Å². The maximum absolute atomic E-state index is 12.8. The topological polar surface area (TPSA) is 140 Å². The van der Waals surface area contributed by atoms with Crippen molar-refractivity contribution in [3.8, 4) is 5.75 Å². The average Bonchev–Trinajstić information content (AvgIpc) is 2.76. The Labute approximate surface area is 190 Å². The SMILES string of the molecule is CCOC(=O)CC(=O)NNC(=O)c1ccc(OC)c(S(=O)(=O)NCc2ccc(Cl)cc2)c1.